The molecule has 0 spiro atoms. The number of hydrogen-bond acceptors (Lipinski definition) is 4. The van der Waals surface area contributed by atoms with Gasteiger partial charge in [-0.2, -0.15) is 0 Å². The van der Waals surface area contributed by atoms with Gasteiger partial charge in [-0.3, -0.25) is 14.7 Å². The number of benzene rings is 2. The minimum absolute atomic E-state index is 0.00456. The van der Waals surface area contributed by atoms with Gasteiger partial charge >= 0.3 is 0 Å². The van der Waals surface area contributed by atoms with Crippen molar-refractivity contribution in [3.63, 3.8) is 0 Å². The van der Waals surface area contributed by atoms with Gasteiger partial charge < -0.3 is 10.2 Å². The number of nitro benzene ring substituents is 1. The third-order valence-corrected chi connectivity index (χ3v) is 6.28. The first-order valence-corrected chi connectivity index (χ1v) is 9.42. The molecular formula is C22H20N2O4. The van der Waals surface area contributed by atoms with Crippen molar-refractivity contribution in [2.24, 2.45) is 0 Å². The average Bonchev–Trinajstić information content (AvgIpc) is 3.31. The fourth-order valence-corrected chi connectivity index (χ4v) is 5.30. The second-order valence-corrected chi connectivity index (χ2v) is 7.85. The number of aromatic nitrogens is 1. The molecule has 0 saturated heterocycles. The maximum atomic E-state index is 11.4. The van der Waals surface area contributed by atoms with Crippen molar-refractivity contribution >= 4 is 16.5 Å². The summed E-state index contributed by atoms with van der Waals surface area (Å²) in [6.45, 7) is 4.16. The molecule has 2 aliphatic carbocycles. The Kier molecular flexibility index (Phi) is 3.38. The number of nitrogens with zero attached hydrogens (tertiary/aromatic N) is 2. The van der Waals surface area contributed by atoms with Crippen molar-refractivity contribution in [1.29, 1.82) is 0 Å². The maximum absolute atomic E-state index is 11.4. The van der Waals surface area contributed by atoms with Gasteiger partial charge in [0, 0.05) is 34.4 Å². The molecule has 142 valence electrons. The Morgan fingerprint density at radius 2 is 1.57 bits per heavy atom. The fourth-order valence-electron chi connectivity index (χ4n) is 5.30. The Morgan fingerprint density at radius 3 is 2.11 bits per heavy atom. The molecule has 0 unspecified atom stereocenters. The average molecular weight is 376 g/mol. The molecule has 28 heavy (non-hydrogen) atoms. The van der Waals surface area contributed by atoms with E-state index in [1.165, 1.54) is 21.8 Å². The number of non-ortho nitro benzene ring substituents is 1. The van der Waals surface area contributed by atoms with Crippen LogP contribution in [0.4, 0.5) is 5.69 Å². The fraction of sp³-hybridized carbons (Fsp3) is 0.273. The van der Waals surface area contributed by atoms with E-state index in [-0.39, 0.29) is 29.3 Å². The summed E-state index contributed by atoms with van der Waals surface area (Å²) in [5, 5.41) is 34.7. The van der Waals surface area contributed by atoms with Crippen molar-refractivity contribution in [1.82, 2.24) is 4.57 Å². The Balaban J connectivity index is 1.79. The lowest BCUT2D eigenvalue weighted by Gasteiger charge is -2.14. The van der Waals surface area contributed by atoms with Crippen molar-refractivity contribution in [3.05, 3.63) is 68.8 Å². The van der Waals surface area contributed by atoms with Crippen LogP contribution in [0.5, 0.6) is 11.8 Å². The molecule has 1 fully saturated rings. The van der Waals surface area contributed by atoms with Gasteiger partial charge in [-0.05, 0) is 38.8 Å². The van der Waals surface area contributed by atoms with E-state index in [1.54, 1.807) is 30.3 Å². The third kappa shape index (κ3) is 1.97. The Hall–Kier alpha value is -3.28. The van der Waals surface area contributed by atoms with E-state index in [9.17, 15) is 20.3 Å². The van der Waals surface area contributed by atoms with Gasteiger partial charge in [-0.15, -0.1) is 0 Å². The van der Waals surface area contributed by atoms with E-state index in [2.05, 4.69) is 13.8 Å². The first kappa shape index (κ1) is 16.9. The Bertz CT molecular complexity index is 1160. The third-order valence-electron chi connectivity index (χ3n) is 6.28. The molecule has 1 aromatic heterocycles. The molecule has 3 aromatic rings. The lowest BCUT2D eigenvalue weighted by molar-refractivity contribution is -0.383. The van der Waals surface area contributed by atoms with Crippen LogP contribution in [0.2, 0.25) is 0 Å². The molecule has 5 rings (SSSR count). The number of aromatic hydroxyl groups is 2. The Labute approximate surface area is 161 Å². The SMILES string of the molecule is CC(C)=C1[C@H]2CC[C@@H]1c1c2c(O)n(-c2ccc([N+](=O)[O-])c3ccccc23)c1O. The summed E-state index contributed by atoms with van der Waals surface area (Å²) in [6.07, 6.45) is 1.94. The summed E-state index contributed by atoms with van der Waals surface area (Å²) >= 11 is 0. The minimum atomic E-state index is -0.414. The number of nitro groups is 1. The van der Waals surface area contributed by atoms with Crippen molar-refractivity contribution < 1.29 is 15.1 Å². The van der Waals surface area contributed by atoms with E-state index < -0.39 is 4.92 Å². The highest BCUT2D eigenvalue weighted by Crippen LogP contribution is 2.64. The first-order chi connectivity index (χ1) is 13.4. The molecule has 2 aromatic carbocycles. The molecule has 6 heteroatoms. The highest BCUT2D eigenvalue weighted by molar-refractivity contribution is 5.97. The van der Waals surface area contributed by atoms with E-state index >= 15 is 0 Å². The number of allylic oxidation sites excluding steroid dienone is 2. The predicted molar refractivity (Wildman–Crippen MR) is 106 cm³/mol. The van der Waals surface area contributed by atoms with Crippen molar-refractivity contribution in [3.8, 4) is 17.4 Å². The molecule has 0 aliphatic heterocycles. The van der Waals surface area contributed by atoms with Gasteiger partial charge in [-0.25, -0.2) is 0 Å². The number of fused-ring (bicyclic) bond motifs is 6. The van der Waals surface area contributed by atoms with E-state index in [0.717, 1.165) is 24.0 Å². The van der Waals surface area contributed by atoms with Crippen LogP contribution in [0, 0.1) is 10.1 Å². The molecule has 0 radical (unpaired) electrons. The quantitative estimate of drug-likeness (QED) is 0.363. The zero-order valence-electron chi connectivity index (χ0n) is 15.6. The first-order valence-electron chi connectivity index (χ1n) is 9.42. The van der Waals surface area contributed by atoms with Crippen molar-refractivity contribution in [2.75, 3.05) is 0 Å². The topological polar surface area (TPSA) is 88.5 Å². The van der Waals surface area contributed by atoms with E-state index in [1.807, 2.05) is 0 Å². The Morgan fingerprint density at radius 1 is 1.00 bits per heavy atom. The van der Waals surface area contributed by atoms with Crippen LogP contribution >= 0.6 is 0 Å². The van der Waals surface area contributed by atoms with Crippen LogP contribution in [-0.4, -0.2) is 19.7 Å². The van der Waals surface area contributed by atoms with Gasteiger partial charge in [0.05, 0.1) is 16.0 Å². The molecule has 2 aliphatic rings. The normalized spacial score (nSPS) is 20.0. The highest BCUT2D eigenvalue weighted by Gasteiger charge is 2.48. The lowest BCUT2D eigenvalue weighted by atomic mass is 9.95. The molecule has 6 nitrogen and oxygen atoms in total. The predicted octanol–water partition coefficient (Wildman–Crippen LogP) is 5.26. The largest absolute Gasteiger partial charge is 0.494 e. The smallest absolute Gasteiger partial charge is 0.277 e. The molecule has 2 atom stereocenters. The summed E-state index contributed by atoms with van der Waals surface area (Å²) in [5.41, 5.74) is 4.74. The monoisotopic (exact) mass is 376 g/mol. The van der Waals surface area contributed by atoms with E-state index in [0.29, 0.717) is 16.5 Å². The lowest BCUT2D eigenvalue weighted by Crippen LogP contribution is -2.00. The zero-order chi connectivity index (χ0) is 19.7. The van der Waals surface area contributed by atoms with Crippen LogP contribution < -0.4 is 0 Å². The number of hydrogen-bond donors (Lipinski definition) is 2. The minimum Gasteiger partial charge on any atom is -0.494 e. The van der Waals surface area contributed by atoms with Gasteiger partial charge in [0.15, 0.2) is 0 Å². The molecular weight excluding hydrogens is 356 g/mol. The molecule has 1 heterocycles. The highest BCUT2D eigenvalue weighted by atomic mass is 16.6. The maximum Gasteiger partial charge on any atom is 0.277 e. The van der Waals surface area contributed by atoms with Crippen molar-refractivity contribution in [2.45, 2.75) is 38.5 Å². The van der Waals surface area contributed by atoms with Gasteiger partial charge in [0.2, 0.25) is 11.8 Å². The summed E-state index contributed by atoms with van der Waals surface area (Å²) < 4.78 is 1.45. The number of rotatable bonds is 2. The summed E-state index contributed by atoms with van der Waals surface area (Å²) in [7, 11) is 0. The molecule has 1 saturated carbocycles. The van der Waals surface area contributed by atoms with E-state index in [4.69, 9.17) is 0 Å². The van der Waals surface area contributed by atoms with Crippen LogP contribution in [0.25, 0.3) is 16.5 Å². The summed E-state index contributed by atoms with van der Waals surface area (Å²) in [6, 6.07) is 10.0. The van der Waals surface area contributed by atoms with Crippen LogP contribution in [0.15, 0.2) is 47.5 Å². The summed E-state index contributed by atoms with van der Waals surface area (Å²) in [4.78, 5) is 11.0. The second-order valence-electron chi connectivity index (χ2n) is 7.85. The van der Waals surface area contributed by atoms with Gasteiger partial charge in [-0.1, -0.05) is 29.3 Å². The van der Waals surface area contributed by atoms with Crippen LogP contribution in [-0.2, 0) is 0 Å². The van der Waals surface area contributed by atoms with Crippen LogP contribution in [0.1, 0.15) is 49.7 Å². The summed E-state index contributed by atoms with van der Waals surface area (Å²) in [5.74, 6) is 0.359. The molecule has 0 amide bonds. The van der Waals surface area contributed by atoms with Gasteiger partial charge in [0.1, 0.15) is 0 Å². The standard InChI is InChI=1S/C22H20N2O4/c1-11(2)18-14-7-8-15(18)20-19(14)21(25)23(22(20)26)16-9-10-17(24(27)28)13-6-4-3-5-12(13)16/h3-6,9-10,14-15,25-26H,7-8H2,1-2H3/t14-,15+. The second kappa shape index (κ2) is 5.61. The van der Waals surface area contributed by atoms with Crippen LogP contribution in [0.3, 0.4) is 0 Å². The van der Waals surface area contributed by atoms with Gasteiger partial charge in [0.25, 0.3) is 5.69 Å². The molecule has 2 bridgehead atoms. The molecule has 2 N–H and O–H groups in total. The zero-order valence-corrected chi connectivity index (χ0v) is 15.6.